The third-order valence-corrected chi connectivity index (χ3v) is 1.95. The van der Waals surface area contributed by atoms with Crippen molar-refractivity contribution in [2.24, 2.45) is 0 Å². The van der Waals surface area contributed by atoms with Crippen LogP contribution in [0.5, 0.6) is 0 Å². The van der Waals surface area contributed by atoms with Crippen LogP contribution in [-0.2, 0) is 23.8 Å². The lowest BCUT2D eigenvalue weighted by atomic mass is 10.2. The highest BCUT2D eigenvalue weighted by Crippen LogP contribution is 1.97. The maximum absolute atomic E-state index is 11.4. The fourth-order valence-corrected chi connectivity index (χ4v) is 1.16. The molecule has 0 atom stereocenters. The quantitative estimate of drug-likeness (QED) is 0.194. The second kappa shape index (κ2) is 12.1. The zero-order valence-electron chi connectivity index (χ0n) is 10.9. The maximum atomic E-state index is 11.4. The SMILES string of the molecule is CCOC(C#CC(=O)CCCCOC=O)OCC. The first-order chi connectivity index (χ1) is 8.74. The van der Waals surface area contributed by atoms with Crippen molar-refractivity contribution in [1.29, 1.82) is 0 Å². The van der Waals surface area contributed by atoms with E-state index in [1.807, 2.05) is 13.8 Å². The number of ketones is 1. The van der Waals surface area contributed by atoms with E-state index in [1.54, 1.807) is 0 Å². The van der Waals surface area contributed by atoms with Crippen LogP contribution in [0.2, 0.25) is 0 Å². The van der Waals surface area contributed by atoms with Crippen molar-refractivity contribution in [2.45, 2.75) is 39.4 Å². The highest BCUT2D eigenvalue weighted by atomic mass is 16.7. The molecule has 0 aromatic rings. The van der Waals surface area contributed by atoms with Crippen LogP contribution in [0.3, 0.4) is 0 Å². The Bertz CT molecular complexity index is 283. The summed E-state index contributed by atoms with van der Waals surface area (Å²) in [5.74, 6) is 4.97. The summed E-state index contributed by atoms with van der Waals surface area (Å²) < 4.78 is 14.9. The van der Waals surface area contributed by atoms with E-state index in [9.17, 15) is 9.59 Å². The number of carbonyl (C=O) groups excluding carboxylic acids is 2. The van der Waals surface area contributed by atoms with Crippen LogP contribution in [0.15, 0.2) is 0 Å². The van der Waals surface area contributed by atoms with E-state index >= 15 is 0 Å². The average molecular weight is 256 g/mol. The van der Waals surface area contributed by atoms with Crippen LogP contribution < -0.4 is 0 Å². The van der Waals surface area contributed by atoms with Gasteiger partial charge in [-0.2, -0.15) is 0 Å². The van der Waals surface area contributed by atoms with Crippen LogP contribution in [0.4, 0.5) is 0 Å². The van der Waals surface area contributed by atoms with Gasteiger partial charge in [-0.1, -0.05) is 0 Å². The first kappa shape index (κ1) is 16.6. The Morgan fingerprint density at radius 1 is 1.22 bits per heavy atom. The van der Waals surface area contributed by atoms with Gasteiger partial charge in [0.2, 0.25) is 12.1 Å². The molecule has 0 heterocycles. The highest BCUT2D eigenvalue weighted by molar-refractivity contribution is 5.95. The Hall–Kier alpha value is -1.38. The first-order valence-corrected chi connectivity index (χ1v) is 6.07. The predicted octanol–water partition coefficient (Wildman–Crippen LogP) is 1.30. The molecule has 0 amide bonds. The molecule has 0 fully saturated rings. The normalized spacial score (nSPS) is 9.72. The van der Waals surface area contributed by atoms with Gasteiger partial charge in [0.15, 0.2) is 0 Å². The second-order valence-corrected chi connectivity index (χ2v) is 3.36. The van der Waals surface area contributed by atoms with E-state index in [-0.39, 0.29) is 5.78 Å². The summed E-state index contributed by atoms with van der Waals surface area (Å²) in [6.45, 7) is 5.37. The number of unbranched alkanes of at least 4 members (excludes halogenated alkanes) is 1. The largest absolute Gasteiger partial charge is 0.468 e. The minimum absolute atomic E-state index is 0.162. The molecule has 0 radical (unpaired) electrons. The number of hydrogen-bond donors (Lipinski definition) is 0. The topological polar surface area (TPSA) is 61.8 Å². The van der Waals surface area contributed by atoms with E-state index in [4.69, 9.17) is 9.47 Å². The van der Waals surface area contributed by atoms with E-state index in [0.717, 1.165) is 0 Å². The summed E-state index contributed by atoms with van der Waals surface area (Å²) >= 11 is 0. The van der Waals surface area contributed by atoms with E-state index in [2.05, 4.69) is 16.6 Å². The molecule has 0 saturated carbocycles. The van der Waals surface area contributed by atoms with Gasteiger partial charge in [0, 0.05) is 19.6 Å². The molecular weight excluding hydrogens is 236 g/mol. The van der Waals surface area contributed by atoms with Crippen LogP contribution in [0.1, 0.15) is 33.1 Å². The predicted molar refractivity (Wildman–Crippen MR) is 65.7 cm³/mol. The van der Waals surface area contributed by atoms with Gasteiger partial charge in [0.25, 0.3) is 6.47 Å². The van der Waals surface area contributed by atoms with Crippen molar-refractivity contribution in [2.75, 3.05) is 19.8 Å². The van der Waals surface area contributed by atoms with Gasteiger partial charge in [0.05, 0.1) is 6.61 Å². The minimum atomic E-state index is -0.637. The average Bonchev–Trinajstić information content (AvgIpc) is 2.36. The fraction of sp³-hybridized carbons (Fsp3) is 0.692. The monoisotopic (exact) mass is 256 g/mol. The maximum Gasteiger partial charge on any atom is 0.293 e. The molecule has 0 aromatic carbocycles. The van der Waals surface area contributed by atoms with Crippen molar-refractivity contribution < 1.29 is 23.8 Å². The number of hydrogen-bond acceptors (Lipinski definition) is 5. The summed E-state index contributed by atoms with van der Waals surface area (Å²) in [4.78, 5) is 21.3. The lowest BCUT2D eigenvalue weighted by Gasteiger charge is -2.09. The third kappa shape index (κ3) is 9.82. The molecule has 0 aliphatic carbocycles. The van der Waals surface area contributed by atoms with Crippen molar-refractivity contribution >= 4 is 12.3 Å². The van der Waals surface area contributed by atoms with Gasteiger partial charge < -0.3 is 14.2 Å². The second-order valence-electron chi connectivity index (χ2n) is 3.36. The Kier molecular flexibility index (Phi) is 11.2. The van der Waals surface area contributed by atoms with Crippen molar-refractivity contribution in [1.82, 2.24) is 0 Å². The number of ether oxygens (including phenoxy) is 3. The summed E-state index contributed by atoms with van der Waals surface area (Å²) in [6.07, 6.45) is 1.02. The highest BCUT2D eigenvalue weighted by Gasteiger charge is 2.03. The molecule has 5 heteroatoms. The van der Waals surface area contributed by atoms with Gasteiger partial charge in [-0.25, -0.2) is 0 Å². The molecule has 18 heavy (non-hydrogen) atoms. The molecular formula is C13H20O5. The number of carbonyl (C=O) groups is 2. The minimum Gasteiger partial charge on any atom is -0.468 e. The molecule has 0 unspecified atom stereocenters. The van der Waals surface area contributed by atoms with Crippen LogP contribution >= 0.6 is 0 Å². The zero-order valence-corrected chi connectivity index (χ0v) is 10.9. The Balaban J connectivity index is 3.86. The fourth-order valence-electron chi connectivity index (χ4n) is 1.16. The number of Topliss-reactive ketones (excluding diaryl/α,β-unsaturated/α-hetero) is 1. The molecule has 5 nitrogen and oxygen atoms in total. The van der Waals surface area contributed by atoms with Gasteiger partial charge in [-0.3, -0.25) is 9.59 Å². The molecule has 0 N–H and O–H groups in total. The lowest BCUT2D eigenvalue weighted by Crippen LogP contribution is -2.15. The van der Waals surface area contributed by atoms with Crippen LogP contribution in [0.25, 0.3) is 0 Å². The smallest absolute Gasteiger partial charge is 0.293 e. The van der Waals surface area contributed by atoms with E-state index in [1.165, 1.54) is 0 Å². The van der Waals surface area contributed by atoms with Crippen LogP contribution in [0, 0.1) is 11.8 Å². The van der Waals surface area contributed by atoms with Crippen molar-refractivity contribution in [3.8, 4) is 11.8 Å². The Labute approximate surface area is 108 Å². The van der Waals surface area contributed by atoms with Crippen LogP contribution in [-0.4, -0.2) is 38.4 Å². The number of rotatable bonds is 10. The molecule has 102 valence electrons. The summed E-state index contributed by atoms with van der Waals surface area (Å²) in [5.41, 5.74) is 0. The summed E-state index contributed by atoms with van der Waals surface area (Å²) in [7, 11) is 0. The molecule has 0 saturated heterocycles. The van der Waals surface area contributed by atoms with Gasteiger partial charge in [-0.15, -0.1) is 0 Å². The first-order valence-electron chi connectivity index (χ1n) is 6.07. The Morgan fingerprint density at radius 3 is 2.44 bits per heavy atom. The summed E-state index contributed by atoms with van der Waals surface area (Å²) in [5, 5.41) is 0. The van der Waals surface area contributed by atoms with E-state index in [0.29, 0.717) is 45.6 Å². The Morgan fingerprint density at radius 2 is 1.89 bits per heavy atom. The van der Waals surface area contributed by atoms with Gasteiger partial charge in [-0.05, 0) is 38.5 Å². The summed E-state index contributed by atoms with van der Waals surface area (Å²) in [6, 6.07) is 0. The zero-order chi connectivity index (χ0) is 13.6. The standard InChI is InChI=1S/C13H20O5/c1-3-17-13(18-4-2)9-8-12(15)7-5-6-10-16-11-14/h11,13H,3-7,10H2,1-2H3. The van der Waals surface area contributed by atoms with Gasteiger partial charge >= 0.3 is 0 Å². The molecule has 0 spiro atoms. The lowest BCUT2D eigenvalue weighted by molar-refractivity contribution is -0.128. The molecule has 0 bridgehead atoms. The third-order valence-electron chi connectivity index (χ3n) is 1.95. The molecule has 0 aliphatic rings. The molecule has 0 rings (SSSR count). The van der Waals surface area contributed by atoms with E-state index < -0.39 is 6.29 Å². The molecule has 0 aromatic heterocycles. The van der Waals surface area contributed by atoms with Gasteiger partial charge in [0.1, 0.15) is 0 Å². The van der Waals surface area contributed by atoms with Crippen molar-refractivity contribution in [3.05, 3.63) is 0 Å². The van der Waals surface area contributed by atoms with Crippen molar-refractivity contribution in [3.63, 3.8) is 0 Å². The molecule has 0 aliphatic heterocycles.